The summed E-state index contributed by atoms with van der Waals surface area (Å²) >= 11 is 11.7. The van der Waals surface area contributed by atoms with E-state index < -0.39 is 0 Å². The summed E-state index contributed by atoms with van der Waals surface area (Å²) in [4.78, 5) is 11.3. The lowest BCUT2D eigenvalue weighted by molar-refractivity contribution is 0.219. The highest BCUT2D eigenvalue weighted by Crippen LogP contribution is 2.27. The summed E-state index contributed by atoms with van der Waals surface area (Å²) in [5, 5.41) is 15.0. The van der Waals surface area contributed by atoms with E-state index in [1.54, 1.807) is 25.1 Å². The number of nitrogens with one attached hydrogen (secondary N) is 2. The Morgan fingerprint density at radius 1 is 1.45 bits per heavy atom. The number of hydrogen-bond donors (Lipinski definition) is 3. The van der Waals surface area contributed by atoms with Gasteiger partial charge in [0.1, 0.15) is 5.75 Å². The second-order valence-corrected chi connectivity index (χ2v) is 5.10. The SMILES string of the molecule is CC(CO)NC(=O)NCCCOc1ccc(Cl)cc1Cl. The van der Waals surface area contributed by atoms with E-state index in [1.807, 2.05) is 0 Å². The van der Waals surface area contributed by atoms with Crippen LogP contribution in [0.3, 0.4) is 0 Å². The molecular formula is C13H18Cl2N2O3. The monoisotopic (exact) mass is 320 g/mol. The van der Waals surface area contributed by atoms with Crippen LogP contribution in [0.1, 0.15) is 13.3 Å². The van der Waals surface area contributed by atoms with E-state index in [0.717, 1.165) is 0 Å². The number of amides is 2. The van der Waals surface area contributed by atoms with Crippen molar-refractivity contribution in [3.63, 3.8) is 0 Å². The maximum atomic E-state index is 11.3. The molecule has 0 aliphatic heterocycles. The molecule has 0 bridgehead atoms. The first kappa shape index (κ1) is 16.9. The molecule has 0 radical (unpaired) electrons. The molecule has 0 aromatic heterocycles. The summed E-state index contributed by atoms with van der Waals surface area (Å²) in [5.41, 5.74) is 0. The Kier molecular flexibility index (Phi) is 7.51. The van der Waals surface area contributed by atoms with Crippen molar-refractivity contribution in [2.45, 2.75) is 19.4 Å². The summed E-state index contributed by atoms with van der Waals surface area (Å²) in [6.07, 6.45) is 0.639. The average Bonchev–Trinajstić information content (AvgIpc) is 2.40. The van der Waals surface area contributed by atoms with Crippen LogP contribution in [-0.2, 0) is 0 Å². The van der Waals surface area contributed by atoms with E-state index in [1.165, 1.54) is 0 Å². The van der Waals surface area contributed by atoms with Gasteiger partial charge in [-0.15, -0.1) is 0 Å². The lowest BCUT2D eigenvalue weighted by Gasteiger charge is -2.12. The average molecular weight is 321 g/mol. The summed E-state index contributed by atoms with van der Waals surface area (Å²) in [6.45, 7) is 2.52. The Morgan fingerprint density at radius 2 is 2.20 bits per heavy atom. The van der Waals surface area contributed by atoms with Crippen LogP contribution >= 0.6 is 23.2 Å². The fraction of sp³-hybridized carbons (Fsp3) is 0.462. The van der Waals surface area contributed by atoms with Gasteiger partial charge in [0.25, 0.3) is 0 Å². The second-order valence-electron chi connectivity index (χ2n) is 4.26. The Balaban J connectivity index is 2.17. The normalized spacial score (nSPS) is 11.8. The first-order valence-corrected chi connectivity index (χ1v) is 7.01. The number of benzene rings is 1. The highest BCUT2D eigenvalue weighted by molar-refractivity contribution is 6.35. The quantitative estimate of drug-likeness (QED) is 0.676. The largest absolute Gasteiger partial charge is 0.492 e. The van der Waals surface area contributed by atoms with E-state index in [4.69, 9.17) is 33.0 Å². The maximum Gasteiger partial charge on any atom is 0.315 e. The van der Waals surface area contributed by atoms with E-state index >= 15 is 0 Å². The fourth-order valence-electron chi connectivity index (χ4n) is 1.37. The minimum atomic E-state index is -0.309. The van der Waals surface area contributed by atoms with Gasteiger partial charge in [-0.1, -0.05) is 23.2 Å². The molecule has 1 unspecified atom stereocenters. The molecule has 3 N–H and O–H groups in total. The lowest BCUT2D eigenvalue weighted by atomic mass is 10.3. The van der Waals surface area contributed by atoms with Crippen LogP contribution in [-0.4, -0.2) is 36.9 Å². The van der Waals surface area contributed by atoms with Gasteiger partial charge in [-0.25, -0.2) is 4.79 Å². The molecule has 0 fully saturated rings. The second kappa shape index (κ2) is 8.89. The number of ether oxygens (including phenoxy) is 1. The first-order chi connectivity index (χ1) is 9.52. The lowest BCUT2D eigenvalue weighted by Crippen LogP contribution is -2.42. The molecule has 2 amide bonds. The molecule has 7 heteroatoms. The molecule has 1 rings (SSSR count). The van der Waals surface area contributed by atoms with E-state index in [9.17, 15) is 4.79 Å². The van der Waals surface area contributed by atoms with Crippen LogP contribution in [0.15, 0.2) is 18.2 Å². The molecule has 5 nitrogen and oxygen atoms in total. The molecule has 0 saturated heterocycles. The van der Waals surface area contributed by atoms with Crippen LogP contribution in [0, 0.1) is 0 Å². The molecule has 1 aromatic carbocycles. The summed E-state index contributed by atoms with van der Waals surface area (Å²) < 4.78 is 5.47. The van der Waals surface area contributed by atoms with Crippen molar-refractivity contribution in [3.8, 4) is 5.75 Å². The first-order valence-electron chi connectivity index (χ1n) is 6.26. The molecular weight excluding hydrogens is 303 g/mol. The number of aliphatic hydroxyl groups is 1. The Bertz CT molecular complexity index is 444. The van der Waals surface area contributed by atoms with E-state index in [0.29, 0.717) is 35.4 Å². The van der Waals surface area contributed by atoms with Crippen LogP contribution in [0.25, 0.3) is 0 Å². The van der Waals surface area contributed by atoms with Gasteiger partial charge in [0.05, 0.1) is 24.3 Å². The summed E-state index contributed by atoms with van der Waals surface area (Å²) in [6, 6.07) is 4.44. The third kappa shape index (κ3) is 6.32. The van der Waals surface area contributed by atoms with Crippen molar-refractivity contribution in [2.75, 3.05) is 19.8 Å². The van der Waals surface area contributed by atoms with Crippen molar-refractivity contribution >= 4 is 29.2 Å². The highest BCUT2D eigenvalue weighted by Gasteiger charge is 2.05. The Hall–Kier alpha value is -1.17. The molecule has 112 valence electrons. The minimum Gasteiger partial charge on any atom is -0.492 e. The fourth-order valence-corrected chi connectivity index (χ4v) is 1.83. The molecule has 0 heterocycles. The third-order valence-corrected chi connectivity index (χ3v) is 2.94. The van der Waals surface area contributed by atoms with Gasteiger partial charge in [-0.2, -0.15) is 0 Å². The van der Waals surface area contributed by atoms with Crippen LogP contribution in [0.2, 0.25) is 10.0 Å². The number of carbonyl (C=O) groups excluding carboxylic acids is 1. The van der Waals surface area contributed by atoms with Crippen LogP contribution in [0.4, 0.5) is 4.79 Å². The van der Waals surface area contributed by atoms with Gasteiger partial charge in [0.15, 0.2) is 0 Å². The predicted molar refractivity (Wildman–Crippen MR) is 79.7 cm³/mol. The van der Waals surface area contributed by atoms with Gasteiger partial charge < -0.3 is 20.5 Å². The zero-order chi connectivity index (χ0) is 15.0. The summed E-state index contributed by atoms with van der Waals surface area (Å²) in [7, 11) is 0. The topological polar surface area (TPSA) is 70.6 Å². The zero-order valence-electron chi connectivity index (χ0n) is 11.2. The van der Waals surface area contributed by atoms with Crippen LogP contribution < -0.4 is 15.4 Å². The van der Waals surface area contributed by atoms with Crippen molar-refractivity contribution in [1.29, 1.82) is 0 Å². The number of rotatable bonds is 7. The molecule has 1 aromatic rings. The Morgan fingerprint density at radius 3 is 2.85 bits per heavy atom. The number of carbonyl (C=O) groups is 1. The predicted octanol–water partition coefficient (Wildman–Crippen LogP) is 2.44. The van der Waals surface area contributed by atoms with Gasteiger partial charge in [-0.05, 0) is 31.5 Å². The highest BCUT2D eigenvalue weighted by atomic mass is 35.5. The summed E-state index contributed by atoms with van der Waals surface area (Å²) in [5.74, 6) is 0.564. The van der Waals surface area contributed by atoms with E-state index in [2.05, 4.69) is 10.6 Å². The Labute approximate surface area is 128 Å². The van der Waals surface area contributed by atoms with Gasteiger partial charge in [0.2, 0.25) is 0 Å². The number of hydrogen-bond acceptors (Lipinski definition) is 3. The molecule has 1 atom stereocenters. The smallest absolute Gasteiger partial charge is 0.315 e. The molecule has 20 heavy (non-hydrogen) atoms. The van der Waals surface area contributed by atoms with Gasteiger partial charge in [-0.3, -0.25) is 0 Å². The minimum absolute atomic E-state index is 0.0917. The number of aliphatic hydroxyl groups excluding tert-OH is 1. The van der Waals surface area contributed by atoms with E-state index in [-0.39, 0.29) is 18.7 Å². The van der Waals surface area contributed by atoms with Crippen molar-refractivity contribution < 1.29 is 14.6 Å². The zero-order valence-corrected chi connectivity index (χ0v) is 12.7. The third-order valence-electron chi connectivity index (χ3n) is 2.41. The van der Waals surface area contributed by atoms with Crippen LogP contribution in [0.5, 0.6) is 5.75 Å². The number of halogens is 2. The van der Waals surface area contributed by atoms with Crippen molar-refractivity contribution in [1.82, 2.24) is 10.6 Å². The standard InChI is InChI=1S/C13H18Cl2N2O3/c1-9(8-18)17-13(19)16-5-2-6-20-12-4-3-10(14)7-11(12)15/h3-4,7,9,18H,2,5-6,8H2,1H3,(H2,16,17,19). The number of urea groups is 1. The maximum absolute atomic E-state index is 11.3. The van der Waals surface area contributed by atoms with Gasteiger partial charge in [0, 0.05) is 11.6 Å². The molecule has 0 saturated carbocycles. The van der Waals surface area contributed by atoms with Crippen molar-refractivity contribution in [2.24, 2.45) is 0 Å². The molecule has 0 spiro atoms. The van der Waals surface area contributed by atoms with Crippen molar-refractivity contribution in [3.05, 3.63) is 28.2 Å². The molecule has 0 aliphatic rings. The molecule has 0 aliphatic carbocycles. The van der Waals surface area contributed by atoms with Gasteiger partial charge >= 0.3 is 6.03 Å².